The summed E-state index contributed by atoms with van der Waals surface area (Å²) in [6.45, 7) is 1.63. The second kappa shape index (κ2) is 3.93. The third-order valence-electron chi connectivity index (χ3n) is 1.65. The predicted molar refractivity (Wildman–Crippen MR) is 43.9 cm³/mol. The molecule has 5 heteroatoms. The average molecular weight is 185 g/mol. The first-order valence-electron chi connectivity index (χ1n) is 3.93. The molecule has 1 aliphatic rings. The van der Waals surface area contributed by atoms with E-state index in [4.69, 9.17) is 9.84 Å². The van der Waals surface area contributed by atoms with Gasteiger partial charge in [-0.05, 0) is 12.5 Å². The number of carbonyl (C=O) groups excluding carboxylic acids is 1. The molecule has 2 N–H and O–H groups in total. The van der Waals surface area contributed by atoms with E-state index in [1.165, 1.54) is 13.0 Å². The Hall–Kier alpha value is -1.52. The highest BCUT2D eigenvalue weighted by atomic mass is 16.5. The van der Waals surface area contributed by atoms with E-state index in [9.17, 15) is 9.59 Å². The lowest BCUT2D eigenvalue weighted by Gasteiger charge is -2.21. The number of hydrogen-bond donors (Lipinski definition) is 2. The summed E-state index contributed by atoms with van der Waals surface area (Å²) in [5, 5.41) is 11.2. The van der Waals surface area contributed by atoms with Crippen LogP contribution in [0.3, 0.4) is 0 Å². The Balaban J connectivity index is 2.46. The smallest absolute Gasteiger partial charge is 0.370 e. The fraction of sp³-hybridized carbons (Fsp3) is 0.500. The van der Waals surface area contributed by atoms with Gasteiger partial charge < -0.3 is 15.2 Å². The molecule has 1 amide bonds. The van der Waals surface area contributed by atoms with E-state index in [2.05, 4.69) is 5.32 Å². The minimum atomic E-state index is -1.07. The highest BCUT2D eigenvalue weighted by Crippen LogP contribution is 2.10. The van der Waals surface area contributed by atoms with Gasteiger partial charge in [0.1, 0.15) is 6.61 Å². The zero-order chi connectivity index (χ0) is 9.84. The number of carboxylic acid groups (broad SMARTS) is 1. The van der Waals surface area contributed by atoms with Crippen molar-refractivity contribution in [2.75, 3.05) is 6.61 Å². The van der Waals surface area contributed by atoms with E-state index < -0.39 is 5.97 Å². The van der Waals surface area contributed by atoms with Crippen molar-refractivity contribution in [2.45, 2.75) is 19.4 Å². The van der Waals surface area contributed by atoms with Crippen LogP contribution in [0.5, 0.6) is 0 Å². The third-order valence-corrected chi connectivity index (χ3v) is 1.65. The molecule has 1 aliphatic heterocycles. The van der Waals surface area contributed by atoms with Gasteiger partial charge in [0.15, 0.2) is 0 Å². The number of carboxylic acids is 1. The molecule has 0 saturated carbocycles. The van der Waals surface area contributed by atoms with Crippen LogP contribution in [-0.4, -0.2) is 29.6 Å². The van der Waals surface area contributed by atoms with E-state index in [-0.39, 0.29) is 24.3 Å². The van der Waals surface area contributed by atoms with Crippen molar-refractivity contribution in [3.8, 4) is 0 Å². The van der Waals surface area contributed by atoms with Crippen molar-refractivity contribution in [3.05, 3.63) is 11.8 Å². The van der Waals surface area contributed by atoms with Crippen molar-refractivity contribution < 1.29 is 19.4 Å². The fourth-order valence-corrected chi connectivity index (χ4v) is 1.10. The van der Waals surface area contributed by atoms with Gasteiger partial charge >= 0.3 is 5.97 Å². The lowest BCUT2D eigenvalue weighted by Crippen LogP contribution is -2.38. The maximum Gasteiger partial charge on any atom is 0.370 e. The molecule has 0 unspecified atom stereocenters. The van der Waals surface area contributed by atoms with Crippen LogP contribution < -0.4 is 5.32 Å². The molecular formula is C8H11NO4. The molecule has 0 spiro atoms. The van der Waals surface area contributed by atoms with Gasteiger partial charge in [-0.3, -0.25) is 4.79 Å². The quantitative estimate of drug-likeness (QED) is 0.628. The number of amides is 1. The molecule has 0 aliphatic carbocycles. The number of hydrogen-bond acceptors (Lipinski definition) is 3. The molecule has 0 aromatic rings. The zero-order valence-corrected chi connectivity index (χ0v) is 7.24. The summed E-state index contributed by atoms with van der Waals surface area (Å²) in [7, 11) is 0. The Kier molecular flexibility index (Phi) is 2.89. The lowest BCUT2D eigenvalue weighted by molar-refractivity contribution is -0.137. The highest BCUT2D eigenvalue weighted by Gasteiger charge is 2.19. The van der Waals surface area contributed by atoms with Crippen molar-refractivity contribution in [1.82, 2.24) is 5.32 Å². The van der Waals surface area contributed by atoms with E-state index in [1.54, 1.807) is 0 Å². The normalized spacial score (nSPS) is 21.3. The second-order valence-electron chi connectivity index (χ2n) is 2.82. The molecule has 0 saturated heterocycles. The topological polar surface area (TPSA) is 75.6 Å². The van der Waals surface area contributed by atoms with Gasteiger partial charge in [0.25, 0.3) is 0 Å². The molecule has 0 fully saturated rings. The summed E-state index contributed by atoms with van der Waals surface area (Å²) >= 11 is 0. The minimum Gasteiger partial charge on any atom is -0.485 e. The van der Waals surface area contributed by atoms with Crippen molar-refractivity contribution in [1.29, 1.82) is 0 Å². The maximum atomic E-state index is 10.6. The van der Waals surface area contributed by atoms with Gasteiger partial charge in [0, 0.05) is 6.92 Å². The number of aliphatic carboxylic acids is 1. The van der Waals surface area contributed by atoms with E-state index in [0.29, 0.717) is 6.42 Å². The molecule has 0 radical (unpaired) electrons. The number of rotatable bonds is 2. The summed E-state index contributed by atoms with van der Waals surface area (Å²) in [4.78, 5) is 21.0. The SMILES string of the molecule is CC(=O)N[C@@H]1CC=C(C(=O)O)OC1. The first kappa shape index (κ1) is 9.57. The van der Waals surface area contributed by atoms with Crippen LogP contribution in [0.1, 0.15) is 13.3 Å². The van der Waals surface area contributed by atoms with E-state index >= 15 is 0 Å². The molecule has 0 bridgehead atoms. The van der Waals surface area contributed by atoms with Crippen LogP contribution >= 0.6 is 0 Å². The standard InChI is InChI=1S/C8H11NO4/c1-5(10)9-6-2-3-7(8(11)12)13-4-6/h3,6H,2,4H2,1H3,(H,9,10)(H,11,12)/t6-/m1/s1. The summed E-state index contributed by atoms with van der Waals surface area (Å²) in [6.07, 6.45) is 1.97. The largest absolute Gasteiger partial charge is 0.485 e. The molecule has 1 atom stereocenters. The molecule has 1 heterocycles. The molecule has 72 valence electrons. The van der Waals surface area contributed by atoms with E-state index in [1.807, 2.05) is 0 Å². The van der Waals surface area contributed by atoms with Crippen LogP contribution in [0.25, 0.3) is 0 Å². The van der Waals surface area contributed by atoms with Gasteiger partial charge in [-0.1, -0.05) is 0 Å². The summed E-state index contributed by atoms with van der Waals surface area (Å²) < 4.78 is 4.90. The Labute approximate surface area is 75.4 Å². The summed E-state index contributed by atoms with van der Waals surface area (Å²) in [5.74, 6) is -1.25. The first-order chi connectivity index (χ1) is 6.09. The van der Waals surface area contributed by atoms with Crippen molar-refractivity contribution >= 4 is 11.9 Å². The lowest BCUT2D eigenvalue weighted by atomic mass is 10.1. The van der Waals surface area contributed by atoms with Gasteiger partial charge in [-0.25, -0.2) is 4.79 Å². The maximum absolute atomic E-state index is 10.6. The number of carbonyl (C=O) groups is 2. The third kappa shape index (κ3) is 2.77. The molecular weight excluding hydrogens is 174 g/mol. The average Bonchev–Trinajstić information content (AvgIpc) is 2.04. The molecule has 5 nitrogen and oxygen atoms in total. The Morgan fingerprint density at radius 1 is 1.69 bits per heavy atom. The summed E-state index contributed by atoms with van der Waals surface area (Å²) in [5.41, 5.74) is 0. The zero-order valence-electron chi connectivity index (χ0n) is 7.24. The summed E-state index contributed by atoms with van der Waals surface area (Å²) in [6, 6.07) is -0.111. The molecule has 0 aromatic heterocycles. The molecule has 13 heavy (non-hydrogen) atoms. The Morgan fingerprint density at radius 3 is 2.77 bits per heavy atom. The van der Waals surface area contributed by atoms with Crippen LogP contribution in [0.4, 0.5) is 0 Å². The Morgan fingerprint density at radius 2 is 2.38 bits per heavy atom. The van der Waals surface area contributed by atoms with Gasteiger partial charge in [0.2, 0.25) is 11.7 Å². The fourth-order valence-electron chi connectivity index (χ4n) is 1.10. The monoisotopic (exact) mass is 185 g/mol. The van der Waals surface area contributed by atoms with Crippen LogP contribution in [0.15, 0.2) is 11.8 Å². The van der Waals surface area contributed by atoms with Crippen LogP contribution in [0, 0.1) is 0 Å². The van der Waals surface area contributed by atoms with Gasteiger partial charge in [-0.15, -0.1) is 0 Å². The van der Waals surface area contributed by atoms with Crippen molar-refractivity contribution in [3.63, 3.8) is 0 Å². The highest BCUT2D eigenvalue weighted by molar-refractivity contribution is 5.84. The minimum absolute atomic E-state index is 0.0402. The predicted octanol–water partition coefficient (Wildman–Crippen LogP) is -0.120. The molecule has 1 rings (SSSR count). The Bertz CT molecular complexity index is 259. The van der Waals surface area contributed by atoms with Crippen molar-refractivity contribution in [2.24, 2.45) is 0 Å². The first-order valence-corrected chi connectivity index (χ1v) is 3.93. The van der Waals surface area contributed by atoms with Gasteiger partial charge in [-0.2, -0.15) is 0 Å². The molecule has 0 aromatic carbocycles. The second-order valence-corrected chi connectivity index (χ2v) is 2.82. The van der Waals surface area contributed by atoms with Crippen LogP contribution in [0.2, 0.25) is 0 Å². The van der Waals surface area contributed by atoms with E-state index in [0.717, 1.165) is 0 Å². The number of nitrogens with one attached hydrogen (secondary N) is 1. The van der Waals surface area contributed by atoms with Gasteiger partial charge in [0.05, 0.1) is 6.04 Å². The number of ether oxygens (including phenoxy) is 1. The van der Waals surface area contributed by atoms with Crippen LogP contribution in [-0.2, 0) is 14.3 Å².